The zero-order chi connectivity index (χ0) is 24.8. The highest BCUT2D eigenvalue weighted by Gasteiger charge is 2.27. The summed E-state index contributed by atoms with van der Waals surface area (Å²) in [7, 11) is 0. The van der Waals surface area contributed by atoms with Crippen molar-refractivity contribution in [2.45, 2.75) is 52.4 Å². The van der Waals surface area contributed by atoms with E-state index in [-0.39, 0.29) is 31.6 Å². The van der Waals surface area contributed by atoms with Gasteiger partial charge < -0.3 is 19.1 Å². The molecule has 4 rings (SSSR count). The van der Waals surface area contributed by atoms with Crippen LogP contribution in [-0.4, -0.2) is 59.9 Å². The maximum absolute atomic E-state index is 13.0. The lowest BCUT2D eigenvalue weighted by molar-refractivity contribution is -0.117. The van der Waals surface area contributed by atoms with E-state index in [1.165, 1.54) is 10.5 Å². The lowest BCUT2D eigenvalue weighted by Gasteiger charge is -2.31. The van der Waals surface area contributed by atoms with Crippen LogP contribution in [0, 0.1) is 0 Å². The average Bonchev–Trinajstić information content (AvgIpc) is 2.91. The molecule has 0 spiro atoms. The fourth-order valence-electron chi connectivity index (χ4n) is 4.08. The van der Waals surface area contributed by atoms with Crippen LogP contribution in [0.4, 0.5) is 4.79 Å². The van der Waals surface area contributed by atoms with E-state index in [9.17, 15) is 9.59 Å². The fraction of sp³-hybridized carbons (Fsp3) is 0.444. The van der Waals surface area contributed by atoms with Crippen LogP contribution in [0.5, 0.6) is 0 Å². The lowest BCUT2D eigenvalue weighted by Crippen LogP contribution is -2.43. The van der Waals surface area contributed by atoms with Crippen molar-refractivity contribution >= 4 is 18.0 Å². The molecule has 35 heavy (non-hydrogen) atoms. The van der Waals surface area contributed by atoms with E-state index in [1.54, 1.807) is 0 Å². The Bertz CT molecular complexity index is 1090. The normalized spacial score (nSPS) is 17.6. The van der Waals surface area contributed by atoms with Crippen molar-refractivity contribution in [2.75, 3.05) is 26.4 Å². The summed E-state index contributed by atoms with van der Waals surface area (Å²) in [5, 5.41) is 0. The van der Waals surface area contributed by atoms with Gasteiger partial charge in [0.25, 0.3) is 11.9 Å². The van der Waals surface area contributed by atoms with Crippen LogP contribution in [0.1, 0.15) is 43.0 Å². The Morgan fingerprint density at radius 3 is 2.40 bits per heavy atom. The first-order chi connectivity index (χ1) is 16.8. The quantitative estimate of drug-likeness (QED) is 0.570. The predicted molar refractivity (Wildman–Crippen MR) is 132 cm³/mol. The largest absolute Gasteiger partial charge is 0.444 e. The van der Waals surface area contributed by atoms with Gasteiger partial charge in [-0.05, 0) is 49.4 Å². The third-order valence-corrected chi connectivity index (χ3v) is 5.85. The van der Waals surface area contributed by atoms with Crippen molar-refractivity contribution < 1.29 is 23.8 Å². The molecule has 0 bridgehead atoms. The predicted octanol–water partition coefficient (Wildman–Crippen LogP) is 3.91. The van der Waals surface area contributed by atoms with Gasteiger partial charge >= 0.3 is 6.09 Å². The number of fused-ring (bicyclic) bond motifs is 2. The number of benzene rings is 2. The number of hydrogen-bond acceptors (Lipinski definition) is 6. The second kappa shape index (κ2) is 10.9. The summed E-state index contributed by atoms with van der Waals surface area (Å²) in [4.78, 5) is 33.7. The van der Waals surface area contributed by atoms with Gasteiger partial charge in [-0.15, -0.1) is 0 Å². The van der Waals surface area contributed by atoms with Crippen LogP contribution in [0.2, 0.25) is 0 Å². The summed E-state index contributed by atoms with van der Waals surface area (Å²) < 4.78 is 17.5. The summed E-state index contributed by atoms with van der Waals surface area (Å²) in [5.41, 5.74) is 3.40. The third-order valence-electron chi connectivity index (χ3n) is 5.85. The molecule has 2 aliphatic rings. The van der Waals surface area contributed by atoms with E-state index < -0.39 is 11.7 Å². The number of amidine groups is 1. The molecule has 0 N–H and O–H groups in total. The molecule has 186 valence electrons. The Kier molecular flexibility index (Phi) is 7.70. The second-order valence-electron chi connectivity index (χ2n) is 9.74. The minimum Gasteiger partial charge on any atom is -0.444 e. The summed E-state index contributed by atoms with van der Waals surface area (Å²) >= 11 is 0. The van der Waals surface area contributed by atoms with Crippen LogP contribution < -0.4 is 0 Å². The van der Waals surface area contributed by atoms with Crippen molar-refractivity contribution in [1.29, 1.82) is 0 Å². The Hall–Kier alpha value is -3.39. The molecule has 2 amide bonds. The highest BCUT2D eigenvalue weighted by Crippen LogP contribution is 2.19. The van der Waals surface area contributed by atoms with E-state index in [0.29, 0.717) is 26.3 Å². The van der Waals surface area contributed by atoms with Crippen LogP contribution in [0.25, 0.3) is 0 Å². The van der Waals surface area contributed by atoms with Gasteiger partial charge in [0.1, 0.15) is 5.60 Å². The topological polar surface area (TPSA) is 80.7 Å². The second-order valence-corrected chi connectivity index (χ2v) is 9.74. The molecule has 0 saturated heterocycles. The van der Waals surface area contributed by atoms with Gasteiger partial charge in [0, 0.05) is 13.1 Å². The smallest absolute Gasteiger partial charge is 0.413 e. The molecule has 2 aromatic rings. The molecule has 0 unspecified atom stereocenters. The molecule has 2 aromatic carbocycles. The number of rotatable bonds is 0. The van der Waals surface area contributed by atoms with Crippen molar-refractivity contribution in [3.63, 3.8) is 0 Å². The standard InChI is InChI=1S/C27H33N3O5/c1-27(2,3)35-26(32)30-17-22-10-6-5-9-21(22)16-24(31)28-25(34-19-30)29-13-12-20-8-4-7-11-23(20)18-33-15-14-29/h4-11H,12-19H2,1-3H3. The van der Waals surface area contributed by atoms with E-state index in [2.05, 4.69) is 17.1 Å². The molecular formula is C27H33N3O5. The van der Waals surface area contributed by atoms with Gasteiger partial charge in [0.05, 0.1) is 26.2 Å². The zero-order valence-corrected chi connectivity index (χ0v) is 20.7. The van der Waals surface area contributed by atoms with Gasteiger partial charge in [-0.2, -0.15) is 4.99 Å². The number of aliphatic imine (C=N–C) groups is 1. The number of nitrogens with zero attached hydrogens (tertiary/aromatic N) is 3. The number of carbonyl (C=O) groups excluding carboxylic acids is 2. The number of amides is 2. The van der Waals surface area contributed by atoms with Crippen LogP contribution in [0.3, 0.4) is 0 Å². The van der Waals surface area contributed by atoms with E-state index in [4.69, 9.17) is 14.2 Å². The number of ether oxygens (including phenoxy) is 3. The molecule has 0 radical (unpaired) electrons. The van der Waals surface area contributed by atoms with Gasteiger partial charge in [-0.1, -0.05) is 48.5 Å². The maximum atomic E-state index is 13.0. The highest BCUT2D eigenvalue weighted by molar-refractivity contribution is 5.91. The van der Waals surface area contributed by atoms with Crippen LogP contribution in [0.15, 0.2) is 53.5 Å². The van der Waals surface area contributed by atoms with E-state index >= 15 is 0 Å². The maximum Gasteiger partial charge on any atom is 0.413 e. The number of hydrogen-bond donors (Lipinski definition) is 0. The molecule has 0 aliphatic carbocycles. The Morgan fingerprint density at radius 2 is 1.66 bits per heavy atom. The van der Waals surface area contributed by atoms with Crippen molar-refractivity contribution in [3.05, 3.63) is 70.8 Å². The van der Waals surface area contributed by atoms with Crippen molar-refractivity contribution in [1.82, 2.24) is 9.80 Å². The molecule has 2 heterocycles. The summed E-state index contributed by atoms with van der Waals surface area (Å²) in [6, 6.07) is 15.9. The third kappa shape index (κ3) is 6.82. The van der Waals surface area contributed by atoms with Gasteiger partial charge in [0.2, 0.25) is 0 Å². The molecule has 0 fully saturated rings. The van der Waals surface area contributed by atoms with Crippen molar-refractivity contribution in [2.24, 2.45) is 4.99 Å². The molecule has 2 aliphatic heterocycles. The van der Waals surface area contributed by atoms with Crippen LogP contribution >= 0.6 is 0 Å². The number of carbonyl (C=O) groups is 2. The SMILES string of the molecule is CC(C)(C)OC(=O)N1COC(N2CCOCc3ccccc3CC2)=NC(=O)Cc2ccccc2C1. The Labute approximate surface area is 206 Å². The minimum atomic E-state index is -0.648. The zero-order valence-electron chi connectivity index (χ0n) is 20.7. The summed E-state index contributed by atoms with van der Waals surface area (Å²) in [6.45, 7) is 7.78. The Balaban J connectivity index is 1.61. The lowest BCUT2D eigenvalue weighted by atomic mass is 10.0. The van der Waals surface area contributed by atoms with E-state index in [0.717, 1.165) is 23.1 Å². The molecule has 0 saturated carbocycles. The molecule has 8 nitrogen and oxygen atoms in total. The summed E-state index contributed by atoms with van der Waals surface area (Å²) in [6.07, 6.45) is 0.396. The first kappa shape index (κ1) is 24.7. The van der Waals surface area contributed by atoms with Gasteiger partial charge in [-0.25, -0.2) is 4.79 Å². The highest BCUT2D eigenvalue weighted by atomic mass is 16.6. The van der Waals surface area contributed by atoms with Crippen molar-refractivity contribution in [3.8, 4) is 0 Å². The summed E-state index contributed by atoms with van der Waals surface area (Å²) in [5.74, 6) is -0.292. The van der Waals surface area contributed by atoms with Gasteiger partial charge in [0.15, 0.2) is 6.73 Å². The van der Waals surface area contributed by atoms with Crippen LogP contribution in [-0.2, 0) is 45.0 Å². The van der Waals surface area contributed by atoms with Gasteiger partial charge in [-0.3, -0.25) is 9.69 Å². The molecule has 0 atom stereocenters. The first-order valence-electron chi connectivity index (χ1n) is 12.0. The molecule has 8 heteroatoms. The van der Waals surface area contributed by atoms with E-state index in [1.807, 2.05) is 62.1 Å². The first-order valence-corrected chi connectivity index (χ1v) is 12.0. The molecule has 0 aromatic heterocycles. The average molecular weight is 480 g/mol. The Morgan fingerprint density at radius 1 is 0.971 bits per heavy atom. The molecular weight excluding hydrogens is 446 g/mol. The minimum absolute atomic E-state index is 0.0939. The monoisotopic (exact) mass is 479 g/mol. The fourth-order valence-corrected chi connectivity index (χ4v) is 4.08.